The van der Waals surface area contributed by atoms with Gasteiger partial charge in [-0.2, -0.15) is 0 Å². The molecule has 0 atom stereocenters. The summed E-state index contributed by atoms with van der Waals surface area (Å²) in [4.78, 5) is 0. The molecule has 40 heavy (non-hydrogen) atoms. The molecule has 0 aromatic heterocycles. The van der Waals surface area contributed by atoms with Gasteiger partial charge in [0.1, 0.15) is 0 Å². The summed E-state index contributed by atoms with van der Waals surface area (Å²) in [5.74, 6) is 0. The van der Waals surface area contributed by atoms with Crippen molar-refractivity contribution in [1.82, 2.24) is 0 Å². The fraction of sp³-hybridized carbons (Fsp3) is 0.150. The summed E-state index contributed by atoms with van der Waals surface area (Å²) in [5, 5.41) is 11.0. The first kappa shape index (κ1) is 22.4. The molecule has 9 rings (SSSR count). The minimum Gasteiger partial charge on any atom is -0.0616 e. The highest BCUT2D eigenvalue weighted by Crippen LogP contribution is 2.54. The van der Waals surface area contributed by atoms with Gasteiger partial charge in [-0.25, -0.2) is 0 Å². The number of benzene rings is 7. The molecule has 0 heterocycles. The molecule has 0 bridgehead atoms. The molecule has 0 unspecified atom stereocenters. The predicted molar refractivity (Wildman–Crippen MR) is 172 cm³/mol. The molecular weight excluding hydrogens is 480 g/mol. The van der Waals surface area contributed by atoms with E-state index in [0.717, 1.165) is 0 Å². The van der Waals surface area contributed by atoms with Gasteiger partial charge in [0, 0.05) is 10.8 Å². The zero-order valence-electron chi connectivity index (χ0n) is 23.4. The van der Waals surface area contributed by atoms with Crippen LogP contribution < -0.4 is 0 Å². The van der Waals surface area contributed by atoms with E-state index in [9.17, 15) is 0 Å². The summed E-state index contributed by atoms with van der Waals surface area (Å²) >= 11 is 0. The van der Waals surface area contributed by atoms with E-state index in [4.69, 9.17) is 0 Å². The van der Waals surface area contributed by atoms with Crippen molar-refractivity contribution < 1.29 is 0 Å². The van der Waals surface area contributed by atoms with Crippen molar-refractivity contribution in [3.63, 3.8) is 0 Å². The summed E-state index contributed by atoms with van der Waals surface area (Å²) in [5.41, 5.74) is 11.1. The normalized spacial score (nSPS) is 15.9. The van der Waals surface area contributed by atoms with E-state index in [1.807, 2.05) is 0 Å². The second-order valence-electron chi connectivity index (χ2n) is 12.9. The third kappa shape index (κ3) is 2.58. The predicted octanol–water partition coefficient (Wildman–Crippen LogP) is 10.9. The van der Waals surface area contributed by atoms with Crippen LogP contribution in [-0.4, -0.2) is 0 Å². The summed E-state index contributed by atoms with van der Waals surface area (Å²) in [6.45, 7) is 9.56. The van der Waals surface area contributed by atoms with Crippen molar-refractivity contribution in [3.8, 4) is 22.3 Å². The number of hydrogen-bond acceptors (Lipinski definition) is 0. The molecule has 7 aromatic rings. The van der Waals surface area contributed by atoms with Gasteiger partial charge in [0.15, 0.2) is 0 Å². The molecule has 0 saturated carbocycles. The molecule has 0 saturated heterocycles. The molecule has 0 fully saturated rings. The SMILES string of the molecule is CC1(C)c2cc(-c3ccc4c5c3ccc3c6ccccc6cc(c35)C4(C)C)ccc2-c2c1ccc1ccccc21. The fourth-order valence-electron chi connectivity index (χ4n) is 8.13. The van der Waals surface area contributed by atoms with E-state index in [0.29, 0.717) is 0 Å². The lowest BCUT2D eigenvalue weighted by Crippen LogP contribution is -2.15. The summed E-state index contributed by atoms with van der Waals surface area (Å²) < 4.78 is 0. The van der Waals surface area contributed by atoms with Crippen LogP contribution >= 0.6 is 0 Å². The molecule has 2 aliphatic carbocycles. The lowest BCUT2D eigenvalue weighted by molar-refractivity contribution is 0.661. The molecule has 0 amide bonds. The first-order valence-electron chi connectivity index (χ1n) is 14.5. The van der Waals surface area contributed by atoms with E-state index in [2.05, 4.69) is 137 Å². The molecule has 7 aromatic carbocycles. The van der Waals surface area contributed by atoms with E-state index < -0.39 is 0 Å². The topological polar surface area (TPSA) is 0 Å². The van der Waals surface area contributed by atoms with Gasteiger partial charge in [-0.1, -0.05) is 125 Å². The Kier molecular flexibility index (Phi) is 4.03. The summed E-state index contributed by atoms with van der Waals surface area (Å²) in [6, 6.07) is 41.5. The van der Waals surface area contributed by atoms with Gasteiger partial charge in [-0.3, -0.25) is 0 Å². The van der Waals surface area contributed by atoms with E-state index >= 15 is 0 Å². The standard InChI is InChI=1S/C40H30/c1-39(2)32-19-14-23-9-5-8-12-28(23)36(32)31-15-13-25(21-34(31)39)27-18-20-33-37-30(27)17-16-29-26-11-7-6-10-24(26)22-35(38(29)37)40(33,3)4/h5-22H,1-4H3. The van der Waals surface area contributed by atoms with E-state index in [1.54, 1.807) is 0 Å². The number of hydrogen-bond donors (Lipinski definition) is 0. The van der Waals surface area contributed by atoms with Crippen LogP contribution in [0.2, 0.25) is 0 Å². The molecule has 0 heteroatoms. The average molecular weight is 511 g/mol. The van der Waals surface area contributed by atoms with Crippen LogP contribution in [-0.2, 0) is 10.8 Å². The number of fused-ring (bicyclic) bond motifs is 7. The molecule has 0 radical (unpaired) electrons. The van der Waals surface area contributed by atoms with E-state index in [-0.39, 0.29) is 10.8 Å². The first-order valence-corrected chi connectivity index (χ1v) is 14.5. The Bertz CT molecular complexity index is 2260. The third-order valence-electron chi connectivity index (χ3n) is 10.2. The largest absolute Gasteiger partial charge is 0.0616 e. The van der Waals surface area contributed by atoms with Crippen molar-refractivity contribution in [2.75, 3.05) is 0 Å². The monoisotopic (exact) mass is 510 g/mol. The van der Waals surface area contributed by atoms with Crippen LogP contribution in [0.5, 0.6) is 0 Å². The molecular formula is C40H30. The smallest absolute Gasteiger partial charge is 0.0159 e. The average Bonchev–Trinajstić information content (AvgIpc) is 3.35. The number of rotatable bonds is 1. The molecule has 190 valence electrons. The maximum Gasteiger partial charge on any atom is 0.0159 e. The fourth-order valence-corrected chi connectivity index (χ4v) is 8.13. The summed E-state index contributed by atoms with van der Waals surface area (Å²) in [6.07, 6.45) is 0. The Balaban J connectivity index is 1.32. The molecule has 0 spiro atoms. The van der Waals surface area contributed by atoms with Gasteiger partial charge in [0.2, 0.25) is 0 Å². The maximum absolute atomic E-state index is 2.48. The van der Waals surface area contributed by atoms with Crippen molar-refractivity contribution in [2.24, 2.45) is 0 Å². The van der Waals surface area contributed by atoms with Crippen molar-refractivity contribution in [3.05, 3.63) is 131 Å². The Morgan fingerprint density at radius 1 is 0.400 bits per heavy atom. The van der Waals surface area contributed by atoms with Gasteiger partial charge in [-0.15, -0.1) is 0 Å². The first-order chi connectivity index (χ1) is 19.4. The molecule has 2 aliphatic rings. The quantitative estimate of drug-likeness (QED) is 0.193. The zero-order chi connectivity index (χ0) is 27.0. The van der Waals surface area contributed by atoms with Crippen LogP contribution in [0.1, 0.15) is 49.9 Å². The summed E-state index contributed by atoms with van der Waals surface area (Å²) in [7, 11) is 0. The van der Waals surface area contributed by atoms with Crippen LogP contribution in [0, 0.1) is 0 Å². The van der Waals surface area contributed by atoms with Gasteiger partial charge in [-0.05, 0) is 99.7 Å². The van der Waals surface area contributed by atoms with Crippen LogP contribution in [0.4, 0.5) is 0 Å². The lowest BCUT2D eigenvalue weighted by atomic mass is 9.80. The second kappa shape index (κ2) is 7.20. The van der Waals surface area contributed by atoms with Gasteiger partial charge < -0.3 is 0 Å². The minimum absolute atomic E-state index is 0.0224. The highest BCUT2D eigenvalue weighted by Gasteiger charge is 2.38. The van der Waals surface area contributed by atoms with Crippen molar-refractivity contribution in [2.45, 2.75) is 38.5 Å². The maximum atomic E-state index is 2.48. The minimum atomic E-state index is -0.0464. The Morgan fingerprint density at radius 2 is 1.05 bits per heavy atom. The van der Waals surface area contributed by atoms with Crippen LogP contribution in [0.15, 0.2) is 109 Å². The van der Waals surface area contributed by atoms with Gasteiger partial charge in [0.05, 0.1) is 0 Å². The second-order valence-corrected chi connectivity index (χ2v) is 12.9. The highest BCUT2D eigenvalue weighted by atomic mass is 14.4. The Labute approximate surface area is 234 Å². The molecule has 0 N–H and O–H groups in total. The van der Waals surface area contributed by atoms with E-state index in [1.165, 1.54) is 87.6 Å². The van der Waals surface area contributed by atoms with Crippen molar-refractivity contribution in [1.29, 1.82) is 0 Å². The zero-order valence-corrected chi connectivity index (χ0v) is 23.4. The van der Waals surface area contributed by atoms with Gasteiger partial charge >= 0.3 is 0 Å². The lowest BCUT2D eigenvalue weighted by Gasteiger charge is -2.23. The van der Waals surface area contributed by atoms with Crippen LogP contribution in [0.3, 0.4) is 0 Å². The van der Waals surface area contributed by atoms with Crippen LogP contribution in [0.25, 0.3) is 65.3 Å². The Morgan fingerprint density at radius 3 is 1.90 bits per heavy atom. The Hall–Kier alpha value is -4.42. The highest BCUT2D eigenvalue weighted by molar-refractivity contribution is 6.24. The molecule has 0 nitrogen and oxygen atoms in total. The van der Waals surface area contributed by atoms with Gasteiger partial charge in [0.25, 0.3) is 0 Å². The third-order valence-corrected chi connectivity index (χ3v) is 10.2. The van der Waals surface area contributed by atoms with Crippen molar-refractivity contribution >= 4 is 43.1 Å². The molecule has 0 aliphatic heterocycles.